The summed E-state index contributed by atoms with van der Waals surface area (Å²) in [7, 11) is 1.67. The molecular formula is C17H16N2OS. The molecule has 0 aliphatic carbocycles. The van der Waals surface area contributed by atoms with Crippen molar-refractivity contribution in [2.24, 2.45) is 0 Å². The van der Waals surface area contributed by atoms with Crippen LogP contribution in [0.4, 0.5) is 0 Å². The maximum Gasteiger partial charge on any atom is 0.172 e. The second-order valence-corrected chi connectivity index (χ2v) is 5.49. The highest BCUT2D eigenvalue weighted by molar-refractivity contribution is 7.98. The SMILES string of the molecule is COc1ccc(-n2ccnc2SCc2ccccc2)cc1. The molecule has 3 rings (SSSR count). The van der Waals surface area contributed by atoms with Crippen molar-refractivity contribution < 1.29 is 4.74 Å². The largest absolute Gasteiger partial charge is 0.497 e. The van der Waals surface area contributed by atoms with E-state index in [1.54, 1.807) is 18.9 Å². The Bertz CT molecular complexity index is 692. The molecule has 0 aliphatic heterocycles. The van der Waals surface area contributed by atoms with E-state index in [4.69, 9.17) is 4.74 Å². The zero-order valence-corrected chi connectivity index (χ0v) is 12.6. The standard InChI is InChI=1S/C17H16N2OS/c1-20-16-9-7-15(8-10-16)19-12-11-18-17(19)21-13-14-5-3-2-4-6-14/h2-12H,13H2,1H3. The van der Waals surface area contributed by atoms with E-state index in [0.717, 1.165) is 22.3 Å². The Morgan fingerprint density at radius 2 is 1.81 bits per heavy atom. The van der Waals surface area contributed by atoms with E-state index in [1.165, 1.54) is 5.56 Å². The van der Waals surface area contributed by atoms with Gasteiger partial charge in [-0.1, -0.05) is 42.1 Å². The first-order valence-electron chi connectivity index (χ1n) is 6.71. The van der Waals surface area contributed by atoms with Gasteiger partial charge in [0.1, 0.15) is 5.75 Å². The van der Waals surface area contributed by atoms with Gasteiger partial charge in [0, 0.05) is 23.8 Å². The third-order valence-corrected chi connectivity index (χ3v) is 4.21. The molecule has 0 bridgehead atoms. The Labute approximate surface area is 128 Å². The molecule has 0 spiro atoms. The average Bonchev–Trinajstić information content (AvgIpc) is 3.02. The van der Waals surface area contributed by atoms with Crippen molar-refractivity contribution in [2.75, 3.05) is 7.11 Å². The smallest absolute Gasteiger partial charge is 0.172 e. The van der Waals surface area contributed by atoms with Crippen LogP contribution in [0.3, 0.4) is 0 Å². The summed E-state index contributed by atoms with van der Waals surface area (Å²) in [5.41, 5.74) is 2.38. The van der Waals surface area contributed by atoms with Crippen molar-refractivity contribution in [2.45, 2.75) is 10.9 Å². The fourth-order valence-corrected chi connectivity index (χ4v) is 2.99. The summed E-state index contributed by atoms with van der Waals surface area (Å²) in [5.74, 6) is 1.77. The van der Waals surface area contributed by atoms with Gasteiger partial charge in [-0.25, -0.2) is 4.98 Å². The summed E-state index contributed by atoms with van der Waals surface area (Å²) in [6.07, 6.45) is 3.81. The maximum absolute atomic E-state index is 5.19. The van der Waals surface area contributed by atoms with Crippen molar-refractivity contribution in [3.63, 3.8) is 0 Å². The molecule has 0 saturated heterocycles. The first-order chi connectivity index (χ1) is 10.4. The van der Waals surface area contributed by atoms with Gasteiger partial charge in [-0.15, -0.1) is 0 Å². The summed E-state index contributed by atoms with van der Waals surface area (Å²) in [4.78, 5) is 4.44. The first kappa shape index (κ1) is 13.8. The fourth-order valence-electron chi connectivity index (χ4n) is 2.06. The summed E-state index contributed by atoms with van der Waals surface area (Å²) < 4.78 is 7.28. The van der Waals surface area contributed by atoms with Crippen LogP contribution in [-0.4, -0.2) is 16.7 Å². The molecule has 1 aromatic heterocycles. The molecule has 0 atom stereocenters. The minimum absolute atomic E-state index is 0.859. The number of benzene rings is 2. The zero-order chi connectivity index (χ0) is 14.5. The second kappa shape index (κ2) is 6.50. The molecule has 3 aromatic rings. The summed E-state index contributed by atoms with van der Waals surface area (Å²) in [5, 5.41) is 0.990. The van der Waals surface area contributed by atoms with E-state index in [9.17, 15) is 0 Å². The Morgan fingerprint density at radius 3 is 2.52 bits per heavy atom. The number of rotatable bonds is 5. The number of methoxy groups -OCH3 is 1. The molecule has 1 heterocycles. The van der Waals surface area contributed by atoms with E-state index in [-0.39, 0.29) is 0 Å². The van der Waals surface area contributed by atoms with Crippen LogP contribution in [0.1, 0.15) is 5.56 Å². The predicted octanol–water partition coefficient (Wildman–Crippen LogP) is 4.17. The molecule has 0 radical (unpaired) electrons. The van der Waals surface area contributed by atoms with Gasteiger partial charge in [-0.2, -0.15) is 0 Å². The van der Waals surface area contributed by atoms with Crippen LogP contribution in [0.5, 0.6) is 5.75 Å². The molecule has 106 valence electrons. The molecule has 21 heavy (non-hydrogen) atoms. The lowest BCUT2D eigenvalue weighted by molar-refractivity contribution is 0.414. The molecule has 0 N–H and O–H groups in total. The lowest BCUT2D eigenvalue weighted by atomic mass is 10.2. The molecule has 2 aromatic carbocycles. The summed E-state index contributed by atoms with van der Waals surface area (Å²) in [6, 6.07) is 18.4. The zero-order valence-electron chi connectivity index (χ0n) is 11.8. The van der Waals surface area contributed by atoms with E-state index < -0.39 is 0 Å². The Kier molecular flexibility index (Phi) is 4.26. The lowest BCUT2D eigenvalue weighted by Gasteiger charge is -2.08. The minimum atomic E-state index is 0.859. The van der Waals surface area contributed by atoms with Gasteiger partial charge in [-0.05, 0) is 29.8 Å². The van der Waals surface area contributed by atoms with Crippen LogP contribution in [0, 0.1) is 0 Å². The van der Waals surface area contributed by atoms with Gasteiger partial charge in [0.15, 0.2) is 5.16 Å². The topological polar surface area (TPSA) is 27.1 Å². The Balaban J connectivity index is 1.77. The van der Waals surface area contributed by atoms with Gasteiger partial charge >= 0.3 is 0 Å². The molecule has 0 unspecified atom stereocenters. The van der Waals surface area contributed by atoms with E-state index in [1.807, 2.05) is 42.7 Å². The molecule has 0 aliphatic rings. The summed E-state index contributed by atoms with van der Waals surface area (Å²) in [6.45, 7) is 0. The van der Waals surface area contributed by atoms with Crippen molar-refractivity contribution in [1.29, 1.82) is 0 Å². The molecular weight excluding hydrogens is 280 g/mol. The van der Waals surface area contributed by atoms with Crippen LogP contribution in [0.25, 0.3) is 5.69 Å². The number of ether oxygens (including phenoxy) is 1. The monoisotopic (exact) mass is 296 g/mol. The van der Waals surface area contributed by atoms with Crippen LogP contribution < -0.4 is 4.74 Å². The number of nitrogens with zero attached hydrogens (tertiary/aromatic N) is 2. The number of hydrogen-bond acceptors (Lipinski definition) is 3. The van der Waals surface area contributed by atoms with Crippen LogP contribution >= 0.6 is 11.8 Å². The highest BCUT2D eigenvalue weighted by atomic mass is 32.2. The van der Waals surface area contributed by atoms with Crippen molar-refractivity contribution in [3.05, 3.63) is 72.6 Å². The van der Waals surface area contributed by atoms with E-state index in [0.29, 0.717) is 0 Å². The Hall–Kier alpha value is -2.20. The molecule has 0 amide bonds. The number of thioether (sulfide) groups is 1. The highest BCUT2D eigenvalue weighted by Gasteiger charge is 2.06. The van der Waals surface area contributed by atoms with Crippen molar-refractivity contribution >= 4 is 11.8 Å². The summed E-state index contributed by atoms with van der Waals surface area (Å²) >= 11 is 1.73. The molecule has 0 saturated carbocycles. The van der Waals surface area contributed by atoms with Gasteiger partial charge in [-0.3, -0.25) is 4.57 Å². The van der Waals surface area contributed by atoms with E-state index >= 15 is 0 Å². The van der Waals surface area contributed by atoms with Gasteiger partial charge in [0.2, 0.25) is 0 Å². The van der Waals surface area contributed by atoms with Gasteiger partial charge < -0.3 is 4.74 Å². The number of aromatic nitrogens is 2. The minimum Gasteiger partial charge on any atom is -0.497 e. The van der Waals surface area contributed by atoms with Crippen LogP contribution in [0.2, 0.25) is 0 Å². The third-order valence-electron chi connectivity index (χ3n) is 3.17. The normalized spacial score (nSPS) is 10.5. The average molecular weight is 296 g/mol. The van der Waals surface area contributed by atoms with Gasteiger partial charge in [0.05, 0.1) is 7.11 Å². The Morgan fingerprint density at radius 1 is 1.05 bits per heavy atom. The van der Waals surface area contributed by atoms with Crippen molar-refractivity contribution in [1.82, 2.24) is 9.55 Å². The predicted molar refractivity (Wildman–Crippen MR) is 86.1 cm³/mol. The highest BCUT2D eigenvalue weighted by Crippen LogP contribution is 2.24. The van der Waals surface area contributed by atoms with E-state index in [2.05, 4.69) is 33.8 Å². The first-order valence-corrected chi connectivity index (χ1v) is 7.70. The van der Waals surface area contributed by atoms with Crippen LogP contribution in [0.15, 0.2) is 72.1 Å². The number of imidazole rings is 1. The van der Waals surface area contributed by atoms with Gasteiger partial charge in [0.25, 0.3) is 0 Å². The maximum atomic E-state index is 5.19. The molecule has 0 fully saturated rings. The fraction of sp³-hybridized carbons (Fsp3) is 0.118. The molecule has 4 heteroatoms. The quantitative estimate of drug-likeness (QED) is 0.661. The van der Waals surface area contributed by atoms with Crippen LogP contribution in [-0.2, 0) is 5.75 Å². The molecule has 3 nitrogen and oxygen atoms in total. The lowest BCUT2D eigenvalue weighted by Crippen LogP contribution is -1.95. The third kappa shape index (κ3) is 3.28. The number of hydrogen-bond donors (Lipinski definition) is 0. The second-order valence-electron chi connectivity index (χ2n) is 4.55. The van der Waals surface area contributed by atoms with Crippen molar-refractivity contribution in [3.8, 4) is 11.4 Å².